The molecule has 0 saturated heterocycles. The van der Waals surface area contributed by atoms with Gasteiger partial charge in [0.05, 0.1) is 17.4 Å². The van der Waals surface area contributed by atoms with Crippen LogP contribution in [0.1, 0.15) is 25.8 Å². The normalized spacial score (nSPS) is 17.9. The number of thioether (sulfide) groups is 1. The van der Waals surface area contributed by atoms with Crippen molar-refractivity contribution in [2.45, 2.75) is 44.4 Å². The molecule has 1 aromatic rings. The number of carbonyl (C=O) groups excluding carboxylic acids is 2. The second-order valence-electron chi connectivity index (χ2n) is 6.82. The molecule has 164 valence electrons. The van der Waals surface area contributed by atoms with Gasteiger partial charge in [0.15, 0.2) is 5.78 Å². The molecule has 4 N–H and O–H groups in total. The molecule has 6 nitrogen and oxygen atoms in total. The van der Waals surface area contributed by atoms with Crippen LogP contribution >= 0.6 is 11.8 Å². The minimum atomic E-state index is -4.35. The number of Topliss-reactive ketones (excluding diaryl/α,β-unsaturated/α-hetero) is 1. The number of alkyl halides is 3. The zero-order chi connectivity index (χ0) is 22.6. The summed E-state index contributed by atoms with van der Waals surface area (Å²) in [6.45, 7) is 2.74. The lowest BCUT2D eigenvalue weighted by Gasteiger charge is -2.28. The van der Waals surface area contributed by atoms with Crippen LogP contribution in [-0.4, -0.2) is 46.4 Å². The van der Waals surface area contributed by atoms with E-state index in [9.17, 15) is 27.2 Å². The van der Waals surface area contributed by atoms with Gasteiger partial charge in [-0.2, -0.15) is 13.2 Å². The van der Waals surface area contributed by atoms with E-state index < -0.39 is 48.1 Å². The fourth-order valence-electron chi connectivity index (χ4n) is 2.88. The summed E-state index contributed by atoms with van der Waals surface area (Å²) < 4.78 is 50.1. The highest BCUT2D eigenvalue weighted by Gasteiger charge is 2.39. The van der Waals surface area contributed by atoms with E-state index in [1.807, 2.05) is 0 Å². The van der Waals surface area contributed by atoms with Crippen molar-refractivity contribution in [3.05, 3.63) is 46.2 Å². The standard InChI is InChI=1S/C19H22F4N4O2S/c1-10(26-8-7-19(21,22)23)15(28)14(24)18-27(11(2)16(30-18)17(25)29)9-12-3-5-13(20)6-4-12/h3-6,10,18,24,26H,7-9H2,1-2H3,(H2,25,29). The van der Waals surface area contributed by atoms with Crippen molar-refractivity contribution in [3.63, 3.8) is 0 Å². The van der Waals surface area contributed by atoms with E-state index >= 15 is 0 Å². The Bertz CT molecular complexity index is 855. The van der Waals surface area contributed by atoms with E-state index in [-0.39, 0.29) is 17.2 Å². The van der Waals surface area contributed by atoms with E-state index in [0.717, 1.165) is 11.8 Å². The minimum Gasteiger partial charge on any atom is -0.365 e. The van der Waals surface area contributed by atoms with Crippen molar-refractivity contribution in [1.82, 2.24) is 10.2 Å². The number of hydrogen-bond acceptors (Lipinski definition) is 6. The van der Waals surface area contributed by atoms with Crippen LogP contribution in [0.25, 0.3) is 0 Å². The molecule has 0 bridgehead atoms. The van der Waals surface area contributed by atoms with Gasteiger partial charge < -0.3 is 16.0 Å². The van der Waals surface area contributed by atoms with Gasteiger partial charge in [-0.3, -0.25) is 15.0 Å². The van der Waals surface area contributed by atoms with Crippen molar-refractivity contribution < 1.29 is 27.2 Å². The van der Waals surface area contributed by atoms with Crippen LogP contribution in [0.5, 0.6) is 0 Å². The first kappa shape index (κ1) is 23.9. The Balaban J connectivity index is 2.15. The van der Waals surface area contributed by atoms with Gasteiger partial charge >= 0.3 is 6.18 Å². The number of halogens is 4. The summed E-state index contributed by atoms with van der Waals surface area (Å²) in [6.07, 6.45) is -5.45. The molecule has 0 saturated carbocycles. The smallest absolute Gasteiger partial charge is 0.365 e. The highest BCUT2D eigenvalue weighted by Crippen LogP contribution is 2.39. The van der Waals surface area contributed by atoms with Gasteiger partial charge in [0, 0.05) is 18.8 Å². The molecular weight excluding hydrogens is 424 g/mol. The second-order valence-corrected chi connectivity index (χ2v) is 7.91. The number of allylic oxidation sites excluding steroid dienone is 1. The predicted molar refractivity (Wildman–Crippen MR) is 106 cm³/mol. The van der Waals surface area contributed by atoms with E-state index in [2.05, 4.69) is 5.32 Å². The van der Waals surface area contributed by atoms with Crippen molar-refractivity contribution in [2.75, 3.05) is 6.54 Å². The molecule has 0 radical (unpaired) electrons. The first-order chi connectivity index (χ1) is 13.9. The van der Waals surface area contributed by atoms with Crippen LogP contribution in [-0.2, 0) is 16.1 Å². The number of nitrogens with two attached hydrogens (primary N) is 1. The number of benzene rings is 1. The van der Waals surface area contributed by atoms with Crippen LogP contribution in [0.3, 0.4) is 0 Å². The topological polar surface area (TPSA) is 99.3 Å². The largest absolute Gasteiger partial charge is 0.390 e. The summed E-state index contributed by atoms with van der Waals surface area (Å²) in [5.74, 6) is -1.81. The average molecular weight is 446 g/mol. The summed E-state index contributed by atoms with van der Waals surface area (Å²) >= 11 is 0.943. The number of rotatable bonds is 9. The van der Waals surface area contributed by atoms with Crippen molar-refractivity contribution in [1.29, 1.82) is 5.41 Å². The van der Waals surface area contributed by atoms with E-state index in [1.165, 1.54) is 19.1 Å². The third-order valence-corrected chi connectivity index (χ3v) is 5.97. The quantitative estimate of drug-likeness (QED) is 0.400. The van der Waals surface area contributed by atoms with E-state index in [1.54, 1.807) is 24.0 Å². The molecule has 11 heteroatoms. The molecular formula is C19H22F4N4O2S. The number of hydrogen-bond donors (Lipinski definition) is 3. The number of ketones is 1. The summed E-state index contributed by atoms with van der Waals surface area (Å²) in [4.78, 5) is 26.2. The van der Waals surface area contributed by atoms with E-state index in [0.29, 0.717) is 11.3 Å². The Hall–Kier alpha value is -2.40. The van der Waals surface area contributed by atoms with Gasteiger partial charge in [-0.25, -0.2) is 4.39 Å². The van der Waals surface area contributed by atoms with Gasteiger partial charge in [0.25, 0.3) is 5.91 Å². The lowest BCUT2D eigenvalue weighted by molar-refractivity contribution is -0.134. The number of carbonyl (C=O) groups is 2. The lowest BCUT2D eigenvalue weighted by atomic mass is 10.1. The molecule has 0 fully saturated rings. The number of primary amides is 1. The maximum atomic E-state index is 13.2. The maximum absolute atomic E-state index is 13.2. The van der Waals surface area contributed by atoms with Crippen LogP contribution in [0, 0.1) is 11.2 Å². The first-order valence-electron chi connectivity index (χ1n) is 9.02. The second kappa shape index (κ2) is 9.61. The number of amides is 1. The van der Waals surface area contributed by atoms with Gasteiger partial charge in [-0.1, -0.05) is 23.9 Å². The molecule has 30 heavy (non-hydrogen) atoms. The molecule has 1 aliphatic rings. The molecule has 1 heterocycles. The summed E-state index contributed by atoms with van der Waals surface area (Å²) in [5.41, 5.74) is 6.18. The third-order valence-electron chi connectivity index (χ3n) is 4.53. The van der Waals surface area contributed by atoms with Gasteiger partial charge in [-0.15, -0.1) is 0 Å². The highest BCUT2D eigenvalue weighted by molar-refractivity contribution is 8.05. The molecule has 2 rings (SSSR count). The molecule has 2 unspecified atom stereocenters. The summed E-state index contributed by atoms with van der Waals surface area (Å²) in [5, 5.41) is 9.92. The third kappa shape index (κ3) is 6.05. The molecule has 1 aromatic carbocycles. The molecule has 0 aromatic heterocycles. The Labute approximate surface area is 175 Å². The van der Waals surface area contributed by atoms with Crippen LogP contribution in [0.4, 0.5) is 17.6 Å². The number of nitrogens with zero attached hydrogens (tertiary/aromatic N) is 1. The van der Waals surface area contributed by atoms with Gasteiger partial charge in [-0.05, 0) is 31.5 Å². The predicted octanol–water partition coefficient (Wildman–Crippen LogP) is 2.94. The molecule has 0 aliphatic carbocycles. The Morgan fingerprint density at radius 3 is 2.43 bits per heavy atom. The average Bonchev–Trinajstić information content (AvgIpc) is 2.98. The van der Waals surface area contributed by atoms with Gasteiger partial charge in [0.2, 0.25) is 0 Å². The SMILES string of the molecule is CC1=C(C(N)=O)SC(C(=N)C(=O)C(C)NCCC(F)(F)F)N1Cc1ccc(F)cc1. The molecule has 2 atom stereocenters. The van der Waals surface area contributed by atoms with Crippen LogP contribution in [0.2, 0.25) is 0 Å². The van der Waals surface area contributed by atoms with Crippen LogP contribution in [0.15, 0.2) is 34.9 Å². The van der Waals surface area contributed by atoms with Crippen molar-refractivity contribution in [2.24, 2.45) is 5.73 Å². The van der Waals surface area contributed by atoms with Gasteiger partial charge in [0.1, 0.15) is 16.9 Å². The lowest BCUT2D eigenvalue weighted by Crippen LogP contribution is -2.45. The monoisotopic (exact) mass is 446 g/mol. The molecule has 0 spiro atoms. The number of nitrogens with one attached hydrogen (secondary N) is 2. The zero-order valence-electron chi connectivity index (χ0n) is 16.3. The molecule has 1 aliphatic heterocycles. The first-order valence-corrected chi connectivity index (χ1v) is 9.90. The minimum absolute atomic E-state index is 0.187. The van der Waals surface area contributed by atoms with Crippen molar-refractivity contribution in [3.8, 4) is 0 Å². The Kier molecular flexibility index (Phi) is 7.64. The Morgan fingerprint density at radius 1 is 1.30 bits per heavy atom. The maximum Gasteiger partial charge on any atom is 0.390 e. The Morgan fingerprint density at radius 2 is 1.90 bits per heavy atom. The highest BCUT2D eigenvalue weighted by atomic mass is 32.2. The molecule has 1 amide bonds. The van der Waals surface area contributed by atoms with E-state index in [4.69, 9.17) is 11.1 Å². The summed E-state index contributed by atoms with van der Waals surface area (Å²) in [6, 6.07) is 4.61. The summed E-state index contributed by atoms with van der Waals surface area (Å²) in [7, 11) is 0. The van der Waals surface area contributed by atoms with Crippen LogP contribution < -0.4 is 11.1 Å². The van der Waals surface area contributed by atoms with Crippen molar-refractivity contribution >= 4 is 29.2 Å². The fraction of sp³-hybridized carbons (Fsp3) is 0.421. The fourth-order valence-corrected chi connectivity index (χ4v) is 4.11. The zero-order valence-corrected chi connectivity index (χ0v) is 17.2.